The van der Waals surface area contributed by atoms with Crippen LogP contribution in [0.15, 0.2) is 42.5 Å². The van der Waals surface area contributed by atoms with Crippen LogP contribution in [-0.4, -0.2) is 24.6 Å². The number of ether oxygens (including phenoxy) is 2. The Bertz CT molecular complexity index is 465. The molecule has 114 valence electrons. The van der Waals surface area contributed by atoms with Crippen LogP contribution in [0.25, 0.3) is 0 Å². The fourth-order valence-corrected chi connectivity index (χ4v) is 1.72. The molecule has 4 nitrogen and oxygen atoms in total. The predicted molar refractivity (Wildman–Crippen MR) is 80.9 cm³/mol. The number of unbranched alkanes of at least 4 members (excludes halogenated alkanes) is 2. The van der Waals surface area contributed by atoms with Crippen molar-refractivity contribution in [3.63, 3.8) is 0 Å². The summed E-state index contributed by atoms with van der Waals surface area (Å²) < 4.78 is 10.1. The summed E-state index contributed by atoms with van der Waals surface area (Å²) in [5, 5.41) is 0. The van der Waals surface area contributed by atoms with Crippen molar-refractivity contribution in [1.82, 2.24) is 0 Å². The van der Waals surface area contributed by atoms with Gasteiger partial charge >= 0.3 is 11.9 Å². The first-order valence-electron chi connectivity index (χ1n) is 7.15. The minimum atomic E-state index is -0.317. The van der Waals surface area contributed by atoms with Crippen molar-refractivity contribution in [1.29, 1.82) is 0 Å². The molecule has 0 bridgehead atoms. The molecule has 1 aromatic rings. The average Bonchev–Trinajstić information content (AvgIpc) is 2.46. The molecule has 0 amide bonds. The molecule has 0 aliphatic rings. The molecule has 0 fully saturated rings. The van der Waals surface area contributed by atoms with E-state index in [9.17, 15) is 9.59 Å². The Morgan fingerprint density at radius 2 is 1.90 bits per heavy atom. The smallest absolute Gasteiger partial charge is 0.338 e. The average molecular weight is 290 g/mol. The summed E-state index contributed by atoms with van der Waals surface area (Å²) in [6.07, 6.45) is 6.23. The molecule has 0 radical (unpaired) electrons. The van der Waals surface area contributed by atoms with Crippen LogP contribution in [0.1, 0.15) is 43.5 Å². The summed E-state index contributed by atoms with van der Waals surface area (Å²) >= 11 is 0. The Kier molecular flexibility index (Phi) is 7.87. The number of esters is 2. The van der Waals surface area contributed by atoms with E-state index in [4.69, 9.17) is 9.47 Å². The van der Waals surface area contributed by atoms with Crippen molar-refractivity contribution < 1.29 is 19.1 Å². The SMILES string of the molecule is CC(=O)OCCCCC=CC(C)OC(=O)c1ccccc1. The van der Waals surface area contributed by atoms with Crippen molar-refractivity contribution >= 4 is 11.9 Å². The Balaban J connectivity index is 2.18. The zero-order valence-corrected chi connectivity index (χ0v) is 12.6. The first kappa shape index (κ1) is 17.0. The molecule has 0 saturated carbocycles. The highest BCUT2D eigenvalue weighted by atomic mass is 16.5. The molecular formula is C17H22O4. The third-order valence-electron chi connectivity index (χ3n) is 2.78. The number of hydrogen-bond donors (Lipinski definition) is 0. The Morgan fingerprint density at radius 3 is 2.57 bits per heavy atom. The van der Waals surface area contributed by atoms with Crippen molar-refractivity contribution in [3.8, 4) is 0 Å². The van der Waals surface area contributed by atoms with Crippen LogP contribution < -0.4 is 0 Å². The Labute approximate surface area is 125 Å². The van der Waals surface area contributed by atoms with E-state index in [2.05, 4.69) is 0 Å². The van der Waals surface area contributed by atoms with Crippen LogP contribution in [0.2, 0.25) is 0 Å². The second-order valence-electron chi connectivity index (χ2n) is 4.74. The normalized spacial score (nSPS) is 12.1. The molecule has 4 heteroatoms. The lowest BCUT2D eigenvalue weighted by molar-refractivity contribution is -0.141. The Morgan fingerprint density at radius 1 is 1.19 bits per heavy atom. The van der Waals surface area contributed by atoms with Gasteiger partial charge in [-0.05, 0) is 44.4 Å². The minimum Gasteiger partial charge on any atom is -0.466 e. The fourth-order valence-electron chi connectivity index (χ4n) is 1.72. The lowest BCUT2D eigenvalue weighted by Gasteiger charge is -2.09. The van der Waals surface area contributed by atoms with E-state index in [1.54, 1.807) is 24.3 Å². The third kappa shape index (κ3) is 7.92. The van der Waals surface area contributed by atoms with Crippen LogP contribution in [0.5, 0.6) is 0 Å². The number of benzene rings is 1. The lowest BCUT2D eigenvalue weighted by atomic mass is 10.2. The van der Waals surface area contributed by atoms with Crippen LogP contribution in [0.4, 0.5) is 0 Å². The molecule has 0 aliphatic heterocycles. The van der Waals surface area contributed by atoms with Crippen molar-refractivity contribution in [2.75, 3.05) is 6.61 Å². The van der Waals surface area contributed by atoms with E-state index < -0.39 is 0 Å². The van der Waals surface area contributed by atoms with Gasteiger partial charge in [-0.3, -0.25) is 4.79 Å². The van der Waals surface area contributed by atoms with E-state index in [0.29, 0.717) is 12.2 Å². The van der Waals surface area contributed by atoms with Crippen LogP contribution in [0, 0.1) is 0 Å². The summed E-state index contributed by atoms with van der Waals surface area (Å²) in [7, 11) is 0. The van der Waals surface area contributed by atoms with Gasteiger partial charge in [-0.25, -0.2) is 4.79 Å². The molecule has 0 aliphatic carbocycles. The van der Waals surface area contributed by atoms with Crippen LogP contribution in [0.3, 0.4) is 0 Å². The van der Waals surface area contributed by atoms with Crippen LogP contribution in [-0.2, 0) is 14.3 Å². The molecule has 1 atom stereocenters. The fraction of sp³-hybridized carbons (Fsp3) is 0.412. The second kappa shape index (κ2) is 9.75. The highest BCUT2D eigenvalue weighted by Crippen LogP contribution is 2.05. The van der Waals surface area contributed by atoms with Gasteiger partial charge in [-0.1, -0.05) is 24.3 Å². The maximum absolute atomic E-state index is 11.8. The summed E-state index contributed by atoms with van der Waals surface area (Å²) in [4.78, 5) is 22.3. The topological polar surface area (TPSA) is 52.6 Å². The van der Waals surface area contributed by atoms with E-state index in [1.807, 2.05) is 25.1 Å². The van der Waals surface area contributed by atoms with E-state index in [1.165, 1.54) is 6.92 Å². The monoisotopic (exact) mass is 290 g/mol. The molecule has 0 spiro atoms. The van der Waals surface area contributed by atoms with Gasteiger partial charge in [0.2, 0.25) is 0 Å². The van der Waals surface area contributed by atoms with E-state index in [0.717, 1.165) is 19.3 Å². The van der Waals surface area contributed by atoms with Crippen molar-refractivity contribution in [2.45, 2.75) is 39.2 Å². The number of carbonyl (C=O) groups is 2. The Hall–Kier alpha value is -2.10. The molecule has 1 rings (SSSR count). The molecule has 0 saturated heterocycles. The summed E-state index contributed by atoms with van der Waals surface area (Å²) in [5.41, 5.74) is 0.555. The molecule has 0 aromatic heterocycles. The number of carbonyl (C=O) groups excluding carboxylic acids is 2. The van der Waals surface area contributed by atoms with Gasteiger partial charge in [-0.2, -0.15) is 0 Å². The van der Waals surface area contributed by atoms with E-state index in [-0.39, 0.29) is 18.0 Å². The maximum atomic E-state index is 11.8. The van der Waals surface area contributed by atoms with Gasteiger partial charge in [0.05, 0.1) is 12.2 Å². The van der Waals surface area contributed by atoms with Crippen molar-refractivity contribution in [2.24, 2.45) is 0 Å². The molecule has 0 N–H and O–H groups in total. The first-order valence-corrected chi connectivity index (χ1v) is 7.15. The second-order valence-corrected chi connectivity index (χ2v) is 4.74. The summed E-state index contributed by atoms with van der Waals surface area (Å²) in [6, 6.07) is 8.93. The molecule has 1 unspecified atom stereocenters. The maximum Gasteiger partial charge on any atom is 0.338 e. The standard InChI is InChI=1S/C17H22O4/c1-14(10-6-3-4-9-13-20-15(2)18)21-17(19)16-11-7-5-8-12-16/h5-8,10-12,14H,3-4,9,13H2,1-2H3. The molecule has 1 aromatic carbocycles. The number of hydrogen-bond acceptors (Lipinski definition) is 4. The highest BCUT2D eigenvalue weighted by Gasteiger charge is 2.08. The predicted octanol–water partition coefficient (Wildman–Crippen LogP) is 3.52. The highest BCUT2D eigenvalue weighted by molar-refractivity contribution is 5.89. The molecule has 0 heterocycles. The van der Waals surface area contributed by atoms with Gasteiger partial charge in [0.25, 0.3) is 0 Å². The number of allylic oxidation sites excluding steroid dienone is 1. The summed E-state index contributed by atoms with van der Waals surface area (Å²) in [6.45, 7) is 3.70. The van der Waals surface area contributed by atoms with Gasteiger partial charge in [0.15, 0.2) is 0 Å². The van der Waals surface area contributed by atoms with E-state index >= 15 is 0 Å². The third-order valence-corrected chi connectivity index (χ3v) is 2.78. The van der Waals surface area contributed by atoms with Gasteiger partial charge in [-0.15, -0.1) is 0 Å². The largest absolute Gasteiger partial charge is 0.466 e. The molecular weight excluding hydrogens is 268 g/mol. The first-order chi connectivity index (χ1) is 10.1. The number of rotatable bonds is 8. The van der Waals surface area contributed by atoms with Gasteiger partial charge in [0, 0.05) is 6.92 Å². The lowest BCUT2D eigenvalue weighted by Crippen LogP contribution is -2.12. The summed E-state index contributed by atoms with van der Waals surface area (Å²) in [5.74, 6) is -0.561. The zero-order chi connectivity index (χ0) is 15.5. The quantitative estimate of drug-likeness (QED) is 0.417. The van der Waals surface area contributed by atoms with Crippen LogP contribution >= 0.6 is 0 Å². The van der Waals surface area contributed by atoms with Gasteiger partial charge in [0.1, 0.15) is 6.10 Å². The molecule has 21 heavy (non-hydrogen) atoms. The van der Waals surface area contributed by atoms with Crippen molar-refractivity contribution in [3.05, 3.63) is 48.0 Å². The zero-order valence-electron chi connectivity index (χ0n) is 12.6. The minimum absolute atomic E-state index is 0.244. The van der Waals surface area contributed by atoms with Gasteiger partial charge < -0.3 is 9.47 Å².